The van der Waals surface area contributed by atoms with Gasteiger partial charge < -0.3 is 10.2 Å². The Morgan fingerprint density at radius 1 is 1.26 bits per heavy atom. The van der Waals surface area contributed by atoms with E-state index in [0.29, 0.717) is 6.04 Å². The molecule has 0 spiro atoms. The van der Waals surface area contributed by atoms with Gasteiger partial charge in [-0.15, -0.1) is 0 Å². The molecule has 0 saturated carbocycles. The molecule has 3 heteroatoms. The normalized spacial score (nSPS) is 17.5. The second-order valence-electron chi connectivity index (χ2n) is 5.43. The molecule has 19 heavy (non-hydrogen) atoms. The van der Waals surface area contributed by atoms with Crippen LogP contribution in [0.25, 0.3) is 0 Å². The molecule has 2 rings (SSSR count). The van der Waals surface area contributed by atoms with Gasteiger partial charge in [0.1, 0.15) is 0 Å². The van der Waals surface area contributed by atoms with E-state index in [1.54, 1.807) is 0 Å². The summed E-state index contributed by atoms with van der Waals surface area (Å²) in [5.41, 5.74) is 2.48. The van der Waals surface area contributed by atoms with Crippen LogP contribution in [0.15, 0.2) is 18.2 Å². The fourth-order valence-corrected chi connectivity index (χ4v) is 2.97. The second-order valence-corrected chi connectivity index (χ2v) is 5.84. The van der Waals surface area contributed by atoms with Crippen LogP contribution in [0.4, 0.5) is 5.69 Å². The van der Waals surface area contributed by atoms with Crippen molar-refractivity contribution in [2.75, 3.05) is 24.5 Å². The van der Waals surface area contributed by atoms with Gasteiger partial charge in [0.25, 0.3) is 0 Å². The monoisotopic (exact) mass is 280 g/mol. The maximum Gasteiger partial charge on any atom is 0.0642 e. The van der Waals surface area contributed by atoms with E-state index in [-0.39, 0.29) is 0 Å². The van der Waals surface area contributed by atoms with Crippen molar-refractivity contribution in [1.82, 2.24) is 5.32 Å². The minimum Gasteiger partial charge on any atom is -0.370 e. The lowest BCUT2D eigenvalue weighted by atomic mass is 10.1. The molecule has 1 fully saturated rings. The summed E-state index contributed by atoms with van der Waals surface area (Å²) in [4.78, 5) is 2.42. The van der Waals surface area contributed by atoms with Gasteiger partial charge in [-0.25, -0.2) is 0 Å². The maximum atomic E-state index is 6.47. The quantitative estimate of drug-likeness (QED) is 0.860. The SMILES string of the molecule is CCCNC(C)c1ccc(N2CCCCC2)c(Cl)c1. The van der Waals surface area contributed by atoms with Crippen molar-refractivity contribution in [1.29, 1.82) is 0 Å². The third-order valence-corrected chi connectivity index (χ3v) is 4.17. The zero-order chi connectivity index (χ0) is 13.7. The molecule has 0 aliphatic carbocycles. The summed E-state index contributed by atoms with van der Waals surface area (Å²) in [6.45, 7) is 7.71. The van der Waals surface area contributed by atoms with E-state index < -0.39 is 0 Å². The predicted octanol–water partition coefficient (Wildman–Crippen LogP) is 4.39. The number of benzene rings is 1. The summed E-state index contributed by atoms with van der Waals surface area (Å²) in [7, 11) is 0. The van der Waals surface area contributed by atoms with Crippen LogP contribution in [0.2, 0.25) is 5.02 Å². The molecule has 1 aromatic carbocycles. The fraction of sp³-hybridized carbons (Fsp3) is 0.625. The zero-order valence-electron chi connectivity index (χ0n) is 12.1. The third kappa shape index (κ3) is 3.87. The average Bonchev–Trinajstić information content (AvgIpc) is 2.45. The van der Waals surface area contributed by atoms with Crippen molar-refractivity contribution < 1.29 is 0 Å². The number of piperidine rings is 1. The standard InChI is InChI=1S/C16H25ClN2/c1-3-9-18-13(2)14-7-8-16(15(17)12-14)19-10-5-4-6-11-19/h7-8,12-13,18H,3-6,9-11H2,1-2H3. The molecule has 106 valence electrons. The van der Waals surface area contributed by atoms with Crippen molar-refractivity contribution >= 4 is 17.3 Å². The summed E-state index contributed by atoms with van der Waals surface area (Å²) in [5, 5.41) is 4.40. The molecule has 1 aliphatic heterocycles. The Bertz CT molecular complexity index is 400. The van der Waals surface area contributed by atoms with E-state index in [2.05, 4.69) is 42.3 Å². The van der Waals surface area contributed by atoms with Crippen LogP contribution < -0.4 is 10.2 Å². The lowest BCUT2D eigenvalue weighted by Crippen LogP contribution is -2.29. The highest BCUT2D eigenvalue weighted by Crippen LogP contribution is 2.30. The topological polar surface area (TPSA) is 15.3 Å². The predicted molar refractivity (Wildman–Crippen MR) is 84.2 cm³/mol. The number of hydrogen-bond acceptors (Lipinski definition) is 2. The minimum atomic E-state index is 0.368. The number of nitrogens with zero attached hydrogens (tertiary/aromatic N) is 1. The van der Waals surface area contributed by atoms with E-state index in [4.69, 9.17) is 11.6 Å². The highest BCUT2D eigenvalue weighted by atomic mass is 35.5. The first-order chi connectivity index (χ1) is 9.22. The van der Waals surface area contributed by atoms with Gasteiger partial charge >= 0.3 is 0 Å². The van der Waals surface area contributed by atoms with Crippen molar-refractivity contribution in [2.24, 2.45) is 0 Å². The first-order valence-electron chi connectivity index (χ1n) is 7.50. The summed E-state index contributed by atoms with van der Waals surface area (Å²) in [6, 6.07) is 6.89. The molecule has 1 aromatic rings. The third-order valence-electron chi connectivity index (χ3n) is 3.87. The molecular weight excluding hydrogens is 256 g/mol. The van der Waals surface area contributed by atoms with Crippen LogP contribution in [0.1, 0.15) is 51.1 Å². The van der Waals surface area contributed by atoms with Gasteiger partial charge in [0, 0.05) is 19.1 Å². The van der Waals surface area contributed by atoms with Crippen LogP contribution in [0.5, 0.6) is 0 Å². The minimum absolute atomic E-state index is 0.368. The number of halogens is 1. The molecule has 1 saturated heterocycles. The van der Waals surface area contributed by atoms with Gasteiger partial charge in [0.15, 0.2) is 0 Å². The Hall–Kier alpha value is -0.730. The Morgan fingerprint density at radius 3 is 2.63 bits per heavy atom. The van der Waals surface area contributed by atoms with E-state index in [0.717, 1.165) is 31.1 Å². The lowest BCUT2D eigenvalue weighted by molar-refractivity contribution is 0.568. The molecule has 2 nitrogen and oxygen atoms in total. The first kappa shape index (κ1) is 14.7. The van der Waals surface area contributed by atoms with Crippen molar-refractivity contribution in [3.8, 4) is 0 Å². The smallest absolute Gasteiger partial charge is 0.0642 e. The molecule has 1 heterocycles. The van der Waals surface area contributed by atoms with Crippen LogP contribution in [-0.2, 0) is 0 Å². The zero-order valence-corrected chi connectivity index (χ0v) is 12.8. The van der Waals surface area contributed by atoms with E-state index in [9.17, 15) is 0 Å². The molecule has 1 N–H and O–H groups in total. The van der Waals surface area contributed by atoms with Crippen molar-refractivity contribution in [3.63, 3.8) is 0 Å². The molecule has 1 atom stereocenters. The van der Waals surface area contributed by atoms with E-state index >= 15 is 0 Å². The number of anilines is 1. The van der Waals surface area contributed by atoms with Crippen LogP contribution in [0, 0.1) is 0 Å². The van der Waals surface area contributed by atoms with Crippen molar-refractivity contribution in [2.45, 2.75) is 45.6 Å². The number of rotatable bonds is 5. The molecule has 0 radical (unpaired) electrons. The second kappa shape index (κ2) is 7.16. The Labute approximate surface area is 122 Å². The molecule has 1 aliphatic rings. The van der Waals surface area contributed by atoms with Gasteiger partial charge in [0.05, 0.1) is 10.7 Å². The van der Waals surface area contributed by atoms with Gasteiger partial charge in [-0.05, 0) is 56.8 Å². The largest absolute Gasteiger partial charge is 0.370 e. The summed E-state index contributed by atoms with van der Waals surface area (Å²) < 4.78 is 0. The molecule has 0 amide bonds. The Balaban J connectivity index is 2.07. The van der Waals surface area contributed by atoms with E-state index in [1.165, 1.54) is 30.5 Å². The maximum absolute atomic E-state index is 6.47. The van der Waals surface area contributed by atoms with Gasteiger partial charge in [-0.3, -0.25) is 0 Å². The van der Waals surface area contributed by atoms with Gasteiger partial charge in [0.2, 0.25) is 0 Å². The highest BCUT2D eigenvalue weighted by Gasteiger charge is 2.15. The van der Waals surface area contributed by atoms with Crippen LogP contribution in [-0.4, -0.2) is 19.6 Å². The summed E-state index contributed by atoms with van der Waals surface area (Å²) >= 11 is 6.47. The highest BCUT2D eigenvalue weighted by molar-refractivity contribution is 6.33. The van der Waals surface area contributed by atoms with Crippen molar-refractivity contribution in [3.05, 3.63) is 28.8 Å². The fourth-order valence-electron chi connectivity index (χ4n) is 2.66. The van der Waals surface area contributed by atoms with Crippen LogP contribution >= 0.6 is 11.6 Å². The molecule has 0 aromatic heterocycles. The van der Waals surface area contributed by atoms with Crippen LogP contribution in [0.3, 0.4) is 0 Å². The Kier molecular flexibility index (Phi) is 5.53. The number of nitrogens with one attached hydrogen (secondary N) is 1. The molecule has 1 unspecified atom stereocenters. The average molecular weight is 281 g/mol. The molecule has 0 bridgehead atoms. The van der Waals surface area contributed by atoms with Gasteiger partial charge in [-0.1, -0.05) is 24.6 Å². The molecular formula is C16H25ClN2. The lowest BCUT2D eigenvalue weighted by Gasteiger charge is -2.30. The summed E-state index contributed by atoms with van der Waals surface area (Å²) in [5.74, 6) is 0. The Morgan fingerprint density at radius 2 is 2.00 bits per heavy atom. The number of hydrogen-bond donors (Lipinski definition) is 1. The summed E-state index contributed by atoms with van der Waals surface area (Å²) in [6.07, 6.45) is 5.08. The first-order valence-corrected chi connectivity index (χ1v) is 7.88. The van der Waals surface area contributed by atoms with E-state index in [1.807, 2.05) is 0 Å². The van der Waals surface area contributed by atoms with Gasteiger partial charge in [-0.2, -0.15) is 0 Å².